The van der Waals surface area contributed by atoms with Gasteiger partial charge in [-0.15, -0.1) is 0 Å². The Kier molecular flexibility index (Phi) is 6.80. The van der Waals surface area contributed by atoms with Crippen molar-refractivity contribution in [2.75, 3.05) is 32.7 Å². The Hall–Kier alpha value is -3.40. The van der Waals surface area contributed by atoms with Crippen LogP contribution in [-0.2, 0) is 16.0 Å². The van der Waals surface area contributed by atoms with Crippen LogP contribution in [0.25, 0.3) is 10.3 Å². The molecule has 3 aromatic rings. The van der Waals surface area contributed by atoms with Crippen LogP contribution in [0.4, 0.5) is 9.93 Å². The molecule has 2 heterocycles. The Labute approximate surface area is 171 Å². The van der Waals surface area contributed by atoms with Crippen molar-refractivity contribution in [2.24, 2.45) is 0 Å². The topological polar surface area (TPSA) is 112 Å². The average Bonchev–Trinajstić information content (AvgIpc) is 3.13. The summed E-state index contributed by atoms with van der Waals surface area (Å²) in [5.74, 6) is 0.636. The van der Waals surface area contributed by atoms with Gasteiger partial charge in [-0.3, -0.25) is 5.32 Å². The van der Waals surface area contributed by atoms with E-state index >= 15 is 0 Å². The van der Waals surface area contributed by atoms with Gasteiger partial charge < -0.3 is 19.5 Å². The Balaban J connectivity index is 1.44. The van der Waals surface area contributed by atoms with E-state index in [4.69, 9.17) is 9.47 Å². The second kappa shape index (κ2) is 9.69. The Morgan fingerprint density at radius 2 is 1.86 bits per heavy atom. The number of rotatable bonds is 8. The number of pyridine rings is 1. The zero-order valence-electron chi connectivity index (χ0n) is 15.9. The molecule has 9 nitrogen and oxygen atoms in total. The summed E-state index contributed by atoms with van der Waals surface area (Å²) in [6.45, 7) is 0.316. The molecule has 0 bridgehead atoms. The van der Waals surface area contributed by atoms with E-state index in [1.807, 2.05) is 12.1 Å². The number of fused-ring (bicyclic) bond motifs is 1. The summed E-state index contributed by atoms with van der Waals surface area (Å²) in [4.78, 5) is 32.4. The number of amides is 2. The van der Waals surface area contributed by atoms with Gasteiger partial charge in [0.15, 0.2) is 11.7 Å². The monoisotopic (exact) mass is 416 g/mol. The van der Waals surface area contributed by atoms with Crippen molar-refractivity contribution >= 4 is 38.8 Å². The Morgan fingerprint density at radius 1 is 1.07 bits per heavy atom. The normalized spacial score (nSPS) is 10.4. The number of nitrogens with one attached hydrogen (secondary N) is 2. The predicted molar refractivity (Wildman–Crippen MR) is 109 cm³/mol. The molecule has 0 saturated carbocycles. The lowest BCUT2D eigenvalue weighted by Gasteiger charge is -2.07. The minimum atomic E-state index is -0.438. The zero-order valence-corrected chi connectivity index (χ0v) is 16.7. The highest BCUT2D eigenvalue weighted by Gasteiger charge is 2.09. The van der Waals surface area contributed by atoms with Crippen molar-refractivity contribution in [3.63, 3.8) is 0 Å². The number of ether oxygens (including phenoxy) is 3. The SMILES string of the molecule is COC(=O)COc1ccc(CCNC(=O)Nc2nc3ccc(OC)nc3s2)cc1. The lowest BCUT2D eigenvalue weighted by Crippen LogP contribution is -2.30. The maximum atomic E-state index is 12.1. The van der Waals surface area contributed by atoms with E-state index in [2.05, 4.69) is 25.3 Å². The van der Waals surface area contributed by atoms with E-state index in [9.17, 15) is 9.59 Å². The molecule has 29 heavy (non-hydrogen) atoms. The van der Waals surface area contributed by atoms with E-state index in [1.54, 1.807) is 31.4 Å². The summed E-state index contributed by atoms with van der Waals surface area (Å²) >= 11 is 1.27. The fraction of sp³-hybridized carbons (Fsp3) is 0.263. The molecule has 0 spiro atoms. The molecule has 1 aromatic carbocycles. The highest BCUT2D eigenvalue weighted by atomic mass is 32.1. The number of hydrogen-bond acceptors (Lipinski definition) is 8. The largest absolute Gasteiger partial charge is 0.482 e. The lowest BCUT2D eigenvalue weighted by atomic mass is 10.1. The van der Waals surface area contributed by atoms with Crippen molar-refractivity contribution < 1.29 is 23.8 Å². The third-order valence-electron chi connectivity index (χ3n) is 3.87. The van der Waals surface area contributed by atoms with E-state index in [1.165, 1.54) is 18.4 Å². The molecule has 152 valence electrons. The van der Waals surface area contributed by atoms with Crippen molar-refractivity contribution in [2.45, 2.75) is 6.42 Å². The highest BCUT2D eigenvalue weighted by molar-refractivity contribution is 7.21. The van der Waals surface area contributed by atoms with Crippen LogP contribution in [0, 0.1) is 0 Å². The summed E-state index contributed by atoms with van der Waals surface area (Å²) in [6.07, 6.45) is 0.642. The summed E-state index contributed by atoms with van der Waals surface area (Å²) in [6, 6.07) is 10.4. The third kappa shape index (κ3) is 5.79. The highest BCUT2D eigenvalue weighted by Crippen LogP contribution is 2.26. The fourth-order valence-corrected chi connectivity index (χ4v) is 3.21. The molecular formula is C19H20N4O5S. The molecule has 2 N–H and O–H groups in total. The van der Waals surface area contributed by atoms with E-state index in [-0.39, 0.29) is 12.6 Å². The van der Waals surface area contributed by atoms with Crippen LogP contribution < -0.4 is 20.1 Å². The number of carbonyl (C=O) groups is 2. The number of nitrogens with zero attached hydrogens (tertiary/aromatic N) is 2. The molecule has 0 aliphatic heterocycles. The summed E-state index contributed by atoms with van der Waals surface area (Å²) in [5.41, 5.74) is 1.72. The number of benzene rings is 1. The Bertz CT molecular complexity index is 990. The molecule has 2 amide bonds. The molecule has 0 aliphatic rings. The maximum absolute atomic E-state index is 12.1. The van der Waals surface area contributed by atoms with Gasteiger partial charge >= 0.3 is 12.0 Å². The minimum absolute atomic E-state index is 0.133. The number of hydrogen-bond donors (Lipinski definition) is 2. The molecule has 10 heteroatoms. The molecule has 0 atom stereocenters. The van der Waals surface area contributed by atoms with Crippen molar-refractivity contribution in [3.8, 4) is 11.6 Å². The molecule has 0 aliphatic carbocycles. The van der Waals surface area contributed by atoms with Crippen molar-refractivity contribution in [3.05, 3.63) is 42.0 Å². The minimum Gasteiger partial charge on any atom is -0.482 e. The molecule has 0 fully saturated rings. The van der Waals surface area contributed by atoms with Gasteiger partial charge in [-0.1, -0.05) is 23.5 Å². The third-order valence-corrected chi connectivity index (χ3v) is 4.75. The number of esters is 1. The van der Waals surface area contributed by atoms with Gasteiger partial charge in [0, 0.05) is 12.6 Å². The van der Waals surface area contributed by atoms with E-state index in [0.29, 0.717) is 40.1 Å². The number of thiazole rings is 1. The van der Waals surface area contributed by atoms with Gasteiger partial charge in [0.2, 0.25) is 5.88 Å². The van der Waals surface area contributed by atoms with E-state index < -0.39 is 5.97 Å². The first-order valence-electron chi connectivity index (χ1n) is 8.72. The Morgan fingerprint density at radius 3 is 2.59 bits per heavy atom. The molecule has 0 radical (unpaired) electrons. The first-order chi connectivity index (χ1) is 14.1. The summed E-state index contributed by atoms with van der Waals surface area (Å²) < 4.78 is 14.9. The van der Waals surface area contributed by atoms with Gasteiger partial charge in [0.05, 0.1) is 14.2 Å². The van der Waals surface area contributed by atoms with Crippen molar-refractivity contribution in [1.29, 1.82) is 0 Å². The number of aromatic nitrogens is 2. The van der Waals surface area contributed by atoms with Crippen LogP contribution in [0.3, 0.4) is 0 Å². The van der Waals surface area contributed by atoms with Crippen LogP contribution in [0.1, 0.15) is 5.56 Å². The molecule has 0 unspecified atom stereocenters. The van der Waals surface area contributed by atoms with Gasteiger partial charge in [0.1, 0.15) is 16.1 Å². The van der Waals surface area contributed by atoms with Gasteiger partial charge in [-0.2, -0.15) is 0 Å². The number of anilines is 1. The summed E-state index contributed by atoms with van der Waals surface area (Å²) in [7, 11) is 2.85. The second-order valence-electron chi connectivity index (χ2n) is 5.84. The van der Waals surface area contributed by atoms with Crippen molar-refractivity contribution in [1.82, 2.24) is 15.3 Å². The maximum Gasteiger partial charge on any atom is 0.343 e. The van der Waals surface area contributed by atoms with Gasteiger partial charge in [-0.25, -0.2) is 19.6 Å². The molecule has 2 aromatic heterocycles. The van der Waals surface area contributed by atoms with Gasteiger partial charge in [0.25, 0.3) is 0 Å². The first kappa shape index (κ1) is 20.3. The van der Waals surface area contributed by atoms with Crippen LogP contribution in [0.15, 0.2) is 36.4 Å². The fourth-order valence-electron chi connectivity index (χ4n) is 2.38. The van der Waals surface area contributed by atoms with Crippen LogP contribution in [0.5, 0.6) is 11.6 Å². The quantitative estimate of drug-likeness (QED) is 0.543. The molecule has 3 rings (SSSR count). The number of urea groups is 1. The second-order valence-corrected chi connectivity index (χ2v) is 6.81. The molecular weight excluding hydrogens is 396 g/mol. The lowest BCUT2D eigenvalue weighted by molar-refractivity contribution is -0.142. The zero-order chi connectivity index (χ0) is 20.6. The van der Waals surface area contributed by atoms with Crippen LogP contribution >= 0.6 is 11.3 Å². The average molecular weight is 416 g/mol. The number of methoxy groups -OCH3 is 2. The number of carbonyl (C=O) groups excluding carboxylic acids is 2. The molecule has 0 saturated heterocycles. The standard InChI is InChI=1S/C19H20N4O5S/c1-26-15-8-7-14-17(22-15)29-19(21-14)23-18(25)20-10-9-12-3-5-13(6-4-12)28-11-16(24)27-2/h3-8H,9-11H2,1-2H3,(H2,20,21,23,25). The van der Waals surface area contributed by atoms with E-state index in [0.717, 1.165) is 5.56 Å². The van der Waals surface area contributed by atoms with Crippen LogP contribution in [0.2, 0.25) is 0 Å². The first-order valence-corrected chi connectivity index (χ1v) is 9.54. The predicted octanol–water partition coefficient (Wildman–Crippen LogP) is 2.62. The van der Waals surface area contributed by atoms with Crippen LogP contribution in [-0.4, -0.2) is 49.3 Å². The smallest absolute Gasteiger partial charge is 0.343 e. The van der Waals surface area contributed by atoms with Gasteiger partial charge in [-0.05, 0) is 30.2 Å². The summed E-state index contributed by atoms with van der Waals surface area (Å²) in [5, 5.41) is 5.96.